The largest absolute Gasteiger partial charge is 0.356 e. The zero-order valence-corrected chi connectivity index (χ0v) is 16.5. The van der Waals surface area contributed by atoms with Crippen LogP contribution in [-0.2, 0) is 0 Å². The SMILES string of the molecule is CC(C)Nc1nc2c(-c3cc4c([nH]3)C(C)NC4=O)c(F)ccc2c(=O)n1C1CC1. The number of aromatic amines is 1. The average molecular weight is 395 g/mol. The van der Waals surface area contributed by atoms with Gasteiger partial charge in [0.15, 0.2) is 0 Å². The van der Waals surface area contributed by atoms with E-state index in [1.165, 1.54) is 12.1 Å². The third kappa shape index (κ3) is 2.73. The van der Waals surface area contributed by atoms with Crippen molar-refractivity contribution in [2.75, 3.05) is 5.32 Å². The van der Waals surface area contributed by atoms with Crippen LogP contribution in [0.25, 0.3) is 22.2 Å². The molecule has 3 N–H and O–H groups in total. The van der Waals surface area contributed by atoms with Gasteiger partial charge in [0, 0.05) is 12.1 Å². The lowest BCUT2D eigenvalue weighted by Gasteiger charge is -2.17. The Morgan fingerprint density at radius 1 is 1.28 bits per heavy atom. The highest BCUT2D eigenvalue weighted by Crippen LogP contribution is 2.38. The number of hydrogen-bond acceptors (Lipinski definition) is 4. The summed E-state index contributed by atoms with van der Waals surface area (Å²) in [5.74, 6) is -0.226. The van der Waals surface area contributed by atoms with Crippen molar-refractivity contribution in [3.05, 3.63) is 45.6 Å². The zero-order valence-electron chi connectivity index (χ0n) is 16.5. The highest BCUT2D eigenvalue weighted by Gasteiger charge is 2.31. The Bertz CT molecular complexity index is 1220. The second-order valence-electron chi connectivity index (χ2n) is 8.16. The van der Waals surface area contributed by atoms with E-state index >= 15 is 0 Å². The molecule has 3 heterocycles. The molecule has 0 saturated heterocycles. The summed E-state index contributed by atoms with van der Waals surface area (Å²) in [4.78, 5) is 33.2. The number of fused-ring (bicyclic) bond motifs is 2. The monoisotopic (exact) mass is 395 g/mol. The number of amides is 1. The van der Waals surface area contributed by atoms with Gasteiger partial charge < -0.3 is 15.6 Å². The van der Waals surface area contributed by atoms with Crippen LogP contribution in [0.2, 0.25) is 0 Å². The number of carbonyl (C=O) groups excluding carboxylic acids is 1. The van der Waals surface area contributed by atoms with Crippen LogP contribution >= 0.6 is 0 Å². The average Bonchev–Trinajstić information content (AvgIpc) is 3.31. The van der Waals surface area contributed by atoms with Gasteiger partial charge in [-0.2, -0.15) is 0 Å². The molecule has 0 radical (unpaired) electrons. The van der Waals surface area contributed by atoms with Gasteiger partial charge in [0.25, 0.3) is 11.5 Å². The van der Waals surface area contributed by atoms with Crippen LogP contribution in [-0.4, -0.2) is 26.5 Å². The first-order valence-electron chi connectivity index (χ1n) is 9.90. The van der Waals surface area contributed by atoms with Crippen molar-refractivity contribution < 1.29 is 9.18 Å². The molecule has 0 bridgehead atoms. The fraction of sp³-hybridized carbons (Fsp3) is 0.381. The molecule has 29 heavy (non-hydrogen) atoms. The molecule has 2 aromatic heterocycles. The smallest absolute Gasteiger partial charge is 0.263 e. The first kappa shape index (κ1) is 17.9. The minimum atomic E-state index is -0.489. The predicted octanol–water partition coefficient (Wildman–Crippen LogP) is 3.49. The maximum Gasteiger partial charge on any atom is 0.263 e. The van der Waals surface area contributed by atoms with Crippen molar-refractivity contribution >= 4 is 22.8 Å². The summed E-state index contributed by atoms with van der Waals surface area (Å²) in [5.41, 5.74) is 1.99. The molecular weight excluding hydrogens is 373 g/mol. The van der Waals surface area contributed by atoms with Gasteiger partial charge in [0.1, 0.15) is 5.82 Å². The molecule has 0 spiro atoms. The fourth-order valence-electron chi connectivity index (χ4n) is 4.01. The van der Waals surface area contributed by atoms with Crippen molar-refractivity contribution in [3.8, 4) is 11.3 Å². The Morgan fingerprint density at radius 2 is 2.03 bits per heavy atom. The van der Waals surface area contributed by atoms with Crippen LogP contribution in [0.1, 0.15) is 61.7 Å². The van der Waals surface area contributed by atoms with Gasteiger partial charge in [-0.3, -0.25) is 14.2 Å². The number of H-pyrrole nitrogens is 1. The maximum atomic E-state index is 15.0. The molecule has 1 aromatic carbocycles. The molecule has 1 aliphatic heterocycles. The number of benzene rings is 1. The lowest BCUT2D eigenvalue weighted by Crippen LogP contribution is -2.27. The lowest BCUT2D eigenvalue weighted by atomic mass is 10.1. The first-order valence-corrected chi connectivity index (χ1v) is 9.90. The molecule has 150 valence electrons. The van der Waals surface area contributed by atoms with Crippen LogP contribution in [0.5, 0.6) is 0 Å². The van der Waals surface area contributed by atoms with Gasteiger partial charge in [0.05, 0.1) is 39.5 Å². The summed E-state index contributed by atoms with van der Waals surface area (Å²) in [6.45, 7) is 5.80. The summed E-state index contributed by atoms with van der Waals surface area (Å²) in [6.07, 6.45) is 1.87. The third-order valence-electron chi connectivity index (χ3n) is 5.49. The second-order valence-corrected chi connectivity index (χ2v) is 8.16. The van der Waals surface area contributed by atoms with Gasteiger partial charge in [-0.05, 0) is 51.8 Å². The number of anilines is 1. The van der Waals surface area contributed by atoms with Crippen LogP contribution < -0.4 is 16.2 Å². The van der Waals surface area contributed by atoms with Crippen molar-refractivity contribution in [3.63, 3.8) is 0 Å². The summed E-state index contributed by atoms with van der Waals surface area (Å²) in [6, 6.07) is 4.45. The van der Waals surface area contributed by atoms with E-state index in [2.05, 4.69) is 20.6 Å². The van der Waals surface area contributed by atoms with E-state index in [4.69, 9.17) is 0 Å². The molecule has 2 aliphatic rings. The third-order valence-corrected chi connectivity index (χ3v) is 5.49. The van der Waals surface area contributed by atoms with E-state index in [1.807, 2.05) is 20.8 Å². The van der Waals surface area contributed by atoms with Gasteiger partial charge in [0.2, 0.25) is 5.95 Å². The fourth-order valence-corrected chi connectivity index (χ4v) is 4.01. The molecule has 1 amide bonds. The minimum absolute atomic E-state index is 0.0696. The molecule has 1 atom stereocenters. The normalized spacial score (nSPS) is 18.4. The van der Waals surface area contributed by atoms with Crippen molar-refractivity contribution in [1.29, 1.82) is 0 Å². The summed E-state index contributed by atoms with van der Waals surface area (Å²) in [7, 11) is 0. The number of aromatic nitrogens is 3. The Kier molecular flexibility index (Phi) is 3.81. The molecule has 7 nitrogen and oxygen atoms in total. The molecule has 1 fully saturated rings. The number of nitrogens with zero attached hydrogens (tertiary/aromatic N) is 2. The Hall–Kier alpha value is -3.16. The molecule has 3 aromatic rings. The van der Waals surface area contributed by atoms with E-state index < -0.39 is 5.82 Å². The zero-order chi connectivity index (χ0) is 20.4. The predicted molar refractivity (Wildman–Crippen MR) is 109 cm³/mol. The molecular formula is C21H22FN5O2. The van der Waals surface area contributed by atoms with Gasteiger partial charge >= 0.3 is 0 Å². The van der Waals surface area contributed by atoms with Crippen LogP contribution in [0.3, 0.4) is 0 Å². The van der Waals surface area contributed by atoms with Crippen molar-refractivity contribution in [2.45, 2.75) is 51.7 Å². The highest BCUT2D eigenvalue weighted by molar-refractivity contribution is 6.01. The van der Waals surface area contributed by atoms with Gasteiger partial charge in [-0.15, -0.1) is 0 Å². The summed E-state index contributed by atoms with van der Waals surface area (Å²) in [5, 5.41) is 6.42. The van der Waals surface area contributed by atoms with Crippen LogP contribution in [0.15, 0.2) is 23.0 Å². The maximum absolute atomic E-state index is 15.0. The molecule has 5 rings (SSSR count). The lowest BCUT2D eigenvalue weighted by molar-refractivity contribution is 0.0958. The quantitative estimate of drug-likeness (QED) is 0.631. The molecule has 1 saturated carbocycles. The molecule has 1 aliphatic carbocycles. The van der Waals surface area contributed by atoms with Crippen LogP contribution in [0, 0.1) is 5.82 Å². The summed E-state index contributed by atoms with van der Waals surface area (Å²) >= 11 is 0. The number of halogens is 1. The number of hydrogen-bond donors (Lipinski definition) is 3. The second kappa shape index (κ2) is 6.17. The number of nitrogens with one attached hydrogen (secondary N) is 3. The molecule has 1 unspecified atom stereocenters. The van der Waals surface area contributed by atoms with E-state index in [0.717, 1.165) is 12.8 Å². The van der Waals surface area contributed by atoms with Gasteiger partial charge in [-0.25, -0.2) is 9.37 Å². The highest BCUT2D eigenvalue weighted by atomic mass is 19.1. The Morgan fingerprint density at radius 3 is 2.69 bits per heavy atom. The Labute approximate surface area is 166 Å². The molecule has 8 heteroatoms. The topological polar surface area (TPSA) is 91.8 Å². The Balaban J connectivity index is 1.78. The first-order chi connectivity index (χ1) is 13.8. The van der Waals surface area contributed by atoms with E-state index in [-0.39, 0.29) is 35.2 Å². The van der Waals surface area contributed by atoms with E-state index in [0.29, 0.717) is 33.8 Å². The van der Waals surface area contributed by atoms with Crippen molar-refractivity contribution in [2.24, 2.45) is 0 Å². The van der Waals surface area contributed by atoms with Crippen molar-refractivity contribution in [1.82, 2.24) is 19.9 Å². The van der Waals surface area contributed by atoms with E-state index in [1.54, 1.807) is 10.6 Å². The van der Waals surface area contributed by atoms with Crippen LogP contribution in [0.4, 0.5) is 10.3 Å². The summed E-state index contributed by atoms with van der Waals surface area (Å²) < 4.78 is 16.7. The minimum Gasteiger partial charge on any atom is -0.356 e. The standard InChI is InChI=1S/C21H22FN5O2/c1-9(2)23-21-26-18-12(20(29)27(21)11-4-5-11)6-7-14(22)16(18)15-8-13-17(25-15)10(3)24-19(13)28/h6-11,25H,4-5H2,1-3H3,(H,23,26)(H,24,28). The van der Waals surface area contributed by atoms with E-state index in [9.17, 15) is 14.0 Å². The number of rotatable bonds is 4. The number of carbonyl (C=O) groups is 1. The van der Waals surface area contributed by atoms with Gasteiger partial charge in [-0.1, -0.05) is 0 Å².